The molecule has 4 aliphatic rings. The van der Waals surface area contributed by atoms with Crippen molar-refractivity contribution < 1.29 is 70.7 Å². The lowest BCUT2D eigenvalue weighted by Gasteiger charge is -2.39. The lowest BCUT2D eigenvalue weighted by atomic mass is 9.98. The van der Waals surface area contributed by atoms with E-state index in [-0.39, 0.29) is 92.3 Å². The Bertz CT molecular complexity index is 3250. The monoisotopic (exact) mass is 1080 g/mol. The largest absolute Gasteiger partial charge is 0.399 e. The number of carbonyl (C=O) groups excluding carboxylic acids is 9. The van der Waals surface area contributed by atoms with Crippen LogP contribution >= 0.6 is 7.60 Å². The number of aromatic nitrogens is 1. The third-order valence-electron chi connectivity index (χ3n) is 14.3. The second-order valence-corrected chi connectivity index (χ2v) is 21.0. The van der Waals surface area contributed by atoms with Gasteiger partial charge in [0.25, 0.3) is 17.7 Å². The fraction of sp³-hybridized carbons (Fsp3) is 0.327. The molecule has 0 bridgehead atoms. The van der Waals surface area contributed by atoms with E-state index >= 15 is 9.18 Å². The molecule has 1 unspecified atom stereocenters. The van der Waals surface area contributed by atoms with Gasteiger partial charge in [0.2, 0.25) is 35.4 Å². The van der Waals surface area contributed by atoms with Crippen LogP contribution in [0.2, 0.25) is 0 Å². The fourth-order valence-corrected chi connectivity index (χ4v) is 10.9. The number of hydrogen-bond donors (Lipinski definition) is 8. The van der Waals surface area contributed by atoms with E-state index in [0.717, 1.165) is 41.5 Å². The SMILES string of the molecule is NC(=O)CC[C@H](NC(=O)[C@@H]1CC[C@@H]2CCN(Cc3cc(F)c4c(c3)C(=O)N(C3CCC(=O)NC3=O)C4=O)C[C@H](NC(=O)c3cc4cc(C(F)(F)P(=O)(O)O)ccc4[nH]3)C(=O)N21)C(=O)NC(c1ccccc1)c1ccccc1. The average molecular weight is 1080 g/mol. The van der Waals surface area contributed by atoms with Crippen molar-refractivity contribution in [1.29, 1.82) is 0 Å². The Kier molecular flexibility index (Phi) is 15.0. The van der Waals surface area contributed by atoms with Crippen molar-refractivity contribution in [3.63, 3.8) is 0 Å². The van der Waals surface area contributed by atoms with Crippen LogP contribution in [0.3, 0.4) is 0 Å². The highest BCUT2D eigenvalue weighted by Gasteiger charge is 2.51. The molecule has 4 aliphatic heterocycles. The topological polar surface area (TPSA) is 311 Å². The Hall–Kier alpha value is -8.05. The van der Waals surface area contributed by atoms with Crippen LogP contribution in [0.25, 0.3) is 10.9 Å². The molecule has 9 amide bonds. The van der Waals surface area contributed by atoms with Gasteiger partial charge >= 0.3 is 13.3 Å². The number of imide groups is 2. The van der Waals surface area contributed by atoms with Crippen LogP contribution in [-0.2, 0) is 45.5 Å². The first-order valence-electron chi connectivity index (χ1n) is 24.5. The molecule has 5 atom stereocenters. The minimum Gasteiger partial charge on any atom is -0.370 e. The molecule has 0 radical (unpaired) electrons. The molecule has 4 aromatic carbocycles. The summed E-state index contributed by atoms with van der Waals surface area (Å²) in [7, 11) is -5.96. The zero-order chi connectivity index (χ0) is 55.1. The van der Waals surface area contributed by atoms with Gasteiger partial charge in [0.05, 0.1) is 17.2 Å². The summed E-state index contributed by atoms with van der Waals surface area (Å²) >= 11 is 0. The van der Waals surface area contributed by atoms with Gasteiger partial charge in [0.15, 0.2) is 0 Å². The van der Waals surface area contributed by atoms with Crippen molar-refractivity contribution in [2.75, 3.05) is 13.1 Å². The second-order valence-electron chi connectivity index (χ2n) is 19.4. The van der Waals surface area contributed by atoms with Gasteiger partial charge < -0.3 is 41.4 Å². The minimum atomic E-state index is -5.96. The molecule has 5 aromatic rings. The molecular weight excluding hydrogens is 1030 g/mol. The number of amides is 9. The Balaban J connectivity index is 0.993. The maximum Gasteiger partial charge on any atom is 0.399 e. The number of alkyl halides is 2. The molecule has 5 heterocycles. The molecule has 1 aromatic heterocycles. The van der Waals surface area contributed by atoms with Crippen LogP contribution in [0.4, 0.5) is 13.2 Å². The normalized spacial score (nSPS) is 20.6. The zero-order valence-electron chi connectivity index (χ0n) is 40.7. The van der Waals surface area contributed by atoms with Crippen LogP contribution in [0.15, 0.2) is 97.1 Å². The Labute approximate surface area is 436 Å². The molecule has 0 aliphatic carbocycles. The summed E-state index contributed by atoms with van der Waals surface area (Å²) < 4.78 is 57.1. The van der Waals surface area contributed by atoms with Crippen molar-refractivity contribution in [2.24, 2.45) is 5.73 Å². The van der Waals surface area contributed by atoms with E-state index in [1.54, 1.807) is 29.2 Å². The van der Waals surface area contributed by atoms with Gasteiger partial charge in [-0.05, 0) is 79.1 Å². The van der Waals surface area contributed by atoms with Gasteiger partial charge in [-0.15, -0.1) is 0 Å². The molecule has 402 valence electrons. The van der Waals surface area contributed by atoms with E-state index in [9.17, 15) is 61.5 Å². The number of nitrogens with two attached hydrogens (primary N) is 1. The van der Waals surface area contributed by atoms with E-state index in [0.29, 0.717) is 4.90 Å². The first kappa shape index (κ1) is 53.8. The first-order valence-corrected chi connectivity index (χ1v) is 26.2. The molecule has 25 heteroatoms. The molecule has 0 spiro atoms. The summed E-state index contributed by atoms with van der Waals surface area (Å²) in [6.45, 7) is -0.359. The quantitative estimate of drug-likeness (QED) is 0.0522. The maximum atomic E-state index is 16.0. The van der Waals surface area contributed by atoms with Crippen LogP contribution in [0, 0.1) is 5.82 Å². The number of nitrogens with one attached hydrogen (secondary N) is 5. The number of piperidine rings is 1. The zero-order valence-corrected chi connectivity index (χ0v) is 41.6. The number of hydrogen-bond acceptors (Lipinski definition) is 11. The maximum absolute atomic E-state index is 16.0. The molecule has 21 nitrogen and oxygen atoms in total. The van der Waals surface area contributed by atoms with Crippen molar-refractivity contribution >= 4 is 71.7 Å². The predicted molar refractivity (Wildman–Crippen MR) is 265 cm³/mol. The number of halogens is 3. The molecular formula is C52H51F3N9O12P. The van der Waals surface area contributed by atoms with E-state index in [1.807, 2.05) is 36.4 Å². The number of carbonyl (C=O) groups is 9. The van der Waals surface area contributed by atoms with E-state index < -0.39 is 120 Å². The second kappa shape index (κ2) is 21.5. The number of fused-ring (bicyclic) bond motifs is 3. The summed E-state index contributed by atoms with van der Waals surface area (Å²) in [5.74, 6) is -8.44. The fourth-order valence-electron chi connectivity index (χ4n) is 10.5. The third kappa shape index (κ3) is 11.0. The Morgan fingerprint density at radius 3 is 2.18 bits per heavy atom. The van der Waals surface area contributed by atoms with Crippen molar-refractivity contribution in [2.45, 2.75) is 93.4 Å². The number of benzene rings is 4. The number of primary amides is 1. The van der Waals surface area contributed by atoms with Gasteiger partial charge in [-0.25, -0.2) is 4.39 Å². The van der Waals surface area contributed by atoms with Gasteiger partial charge in [-0.3, -0.25) is 62.8 Å². The summed E-state index contributed by atoms with van der Waals surface area (Å²) in [5.41, 5.74) is 0.458. The first-order chi connectivity index (χ1) is 36.6. The van der Waals surface area contributed by atoms with E-state index in [4.69, 9.17) is 5.73 Å². The number of rotatable bonds is 16. The number of nitrogens with zero attached hydrogens (tertiary/aromatic N) is 3. The lowest BCUT2D eigenvalue weighted by Crippen LogP contribution is -2.61. The average Bonchev–Trinajstić information content (AvgIpc) is 4.10. The minimum absolute atomic E-state index is 0.0423. The van der Waals surface area contributed by atoms with Gasteiger partial charge in [0, 0.05) is 55.0 Å². The van der Waals surface area contributed by atoms with Crippen molar-refractivity contribution in [1.82, 2.24) is 41.0 Å². The summed E-state index contributed by atoms with van der Waals surface area (Å²) in [4.78, 5) is 147. The van der Waals surface area contributed by atoms with Crippen LogP contribution < -0.4 is 27.0 Å². The van der Waals surface area contributed by atoms with Gasteiger partial charge in [0.1, 0.15) is 35.7 Å². The Morgan fingerprint density at radius 2 is 1.53 bits per heavy atom. The predicted octanol–water partition coefficient (Wildman–Crippen LogP) is 2.96. The summed E-state index contributed by atoms with van der Waals surface area (Å²) in [6.07, 6.45) is -0.268. The van der Waals surface area contributed by atoms with Crippen LogP contribution in [0.5, 0.6) is 0 Å². The highest BCUT2D eigenvalue weighted by atomic mass is 31.2. The number of H-pyrrole nitrogens is 1. The summed E-state index contributed by atoms with van der Waals surface area (Å²) in [5, 5.41) is 10.4. The Morgan fingerprint density at radius 1 is 0.844 bits per heavy atom. The molecule has 9 rings (SSSR count). The van der Waals surface area contributed by atoms with Gasteiger partial charge in [-0.2, -0.15) is 8.78 Å². The van der Waals surface area contributed by atoms with Gasteiger partial charge in [-0.1, -0.05) is 66.7 Å². The standard InChI is InChI=1S/C52H51F3N9O12P/c53-34-22-27(21-33-43(34)51(73)64(49(33)71)40-16-18-42(66)60-48(40)70)25-62-20-19-32-12-15-39(47(69)58-36(14-17-41(56)65)45(67)61-44(28-7-3-1-4-8-28)29-9-5-2-6-10-29)63(32)50(72)38(26-62)59-46(68)37-24-30-23-31(11-13-35(30)57-37)52(54,55)77(74,75)76/h1-11,13,21-24,32,36,38-40,44,57H,12,14-20,25-26H2,(H2,56,65)(H,58,69)(H,59,68)(H,61,67)(H,60,66,70)(H2,74,75,76)/t32-,36+,38+,39+,40?/m1/s1. The van der Waals surface area contributed by atoms with E-state index in [1.165, 1.54) is 11.0 Å². The smallest absolute Gasteiger partial charge is 0.370 e. The molecule has 0 saturated carbocycles. The van der Waals surface area contributed by atoms with Crippen molar-refractivity contribution in [3.8, 4) is 0 Å². The van der Waals surface area contributed by atoms with Crippen LogP contribution in [0.1, 0.15) is 104 Å². The lowest BCUT2D eigenvalue weighted by molar-refractivity contribution is -0.144. The highest BCUT2D eigenvalue weighted by molar-refractivity contribution is 7.52. The molecule has 9 N–H and O–H groups in total. The molecule has 3 saturated heterocycles. The molecule has 77 heavy (non-hydrogen) atoms. The number of aromatic amines is 1. The van der Waals surface area contributed by atoms with Crippen molar-refractivity contribution in [3.05, 3.63) is 142 Å². The highest BCUT2D eigenvalue weighted by Crippen LogP contribution is 2.59. The molecule has 3 fully saturated rings. The third-order valence-corrected chi connectivity index (χ3v) is 15.3. The summed E-state index contributed by atoms with van der Waals surface area (Å²) in [6, 6.07) is 17.4. The van der Waals surface area contributed by atoms with E-state index in [2.05, 4.69) is 26.3 Å². The van der Waals surface area contributed by atoms with Crippen LogP contribution in [-0.4, -0.2) is 126 Å².